The fraction of sp³-hybridized carbons (Fsp3) is 0.875. The minimum Gasteiger partial charge on any atom is -0.472 e. The Morgan fingerprint density at radius 3 is 2.48 bits per heavy atom. The van der Waals surface area contributed by atoms with Crippen molar-refractivity contribution in [1.82, 2.24) is 0 Å². The Kier molecular flexibility index (Phi) is 4.33. The van der Waals surface area contributed by atoms with E-state index in [1.165, 1.54) is 6.26 Å². The molecule has 4 aliphatic rings. The number of hydrogen-bond donors (Lipinski definition) is 5. The zero-order valence-corrected chi connectivity index (χ0v) is 13.7. The summed E-state index contributed by atoms with van der Waals surface area (Å²) < 4.78 is 22.4. The standard InChI is InChI=1S/C16H24O9/c1-2-7-10(19)11(20)12(21)15(23-7)24-14-8-6(3-4-22-14)9(18)13-16(8,5-17)25-13/h3-4,6-15,17-21H,2,5H2,1H3/t6-,7?,8-,9+,10?,11?,12?,13+,14+,15?,16-/m1/s1. The molecule has 9 nitrogen and oxygen atoms in total. The van der Waals surface area contributed by atoms with Crippen LogP contribution in [0.5, 0.6) is 0 Å². The van der Waals surface area contributed by atoms with E-state index < -0.39 is 60.7 Å². The van der Waals surface area contributed by atoms with Crippen molar-refractivity contribution >= 4 is 0 Å². The molecule has 5 unspecified atom stereocenters. The zero-order valence-electron chi connectivity index (χ0n) is 13.7. The number of fused-ring (bicyclic) bond motifs is 3. The fourth-order valence-electron chi connectivity index (χ4n) is 4.36. The summed E-state index contributed by atoms with van der Waals surface area (Å²) in [6.07, 6.45) is -4.67. The lowest BCUT2D eigenvalue weighted by Crippen LogP contribution is -2.59. The van der Waals surface area contributed by atoms with Gasteiger partial charge >= 0.3 is 0 Å². The monoisotopic (exact) mass is 360 g/mol. The van der Waals surface area contributed by atoms with Gasteiger partial charge in [-0.3, -0.25) is 0 Å². The van der Waals surface area contributed by atoms with Crippen LogP contribution in [0.4, 0.5) is 0 Å². The Morgan fingerprint density at radius 2 is 1.80 bits per heavy atom. The number of hydrogen-bond acceptors (Lipinski definition) is 9. The highest BCUT2D eigenvalue weighted by Crippen LogP contribution is 2.59. The van der Waals surface area contributed by atoms with Gasteiger partial charge in [-0.15, -0.1) is 0 Å². The molecule has 1 saturated carbocycles. The summed E-state index contributed by atoms with van der Waals surface area (Å²) in [4.78, 5) is 0. The molecule has 0 aromatic rings. The van der Waals surface area contributed by atoms with Crippen LogP contribution in [0.2, 0.25) is 0 Å². The minimum atomic E-state index is -1.46. The van der Waals surface area contributed by atoms with Crippen LogP contribution >= 0.6 is 0 Å². The van der Waals surface area contributed by atoms with Crippen LogP contribution in [0.15, 0.2) is 12.3 Å². The topological polar surface area (TPSA) is 141 Å². The third kappa shape index (κ3) is 2.46. The molecule has 2 saturated heterocycles. The van der Waals surface area contributed by atoms with E-state index in [2.05, 4.69) is 0 Å². The normalized spacial score (nSPS) is 56.9. The van der Waals surface area contributed by atoms with Crippen LogP contribution in [0.25, 0.3) is 0 Å². The third-order valence-electron chi connectivity index (χ3n) is 5.85. The molecule has 4 rings (SSSR count). The summed E-state index contributed by atoms with van der Waals surface area (Å²) >= 11 is 0. The summed E-state index contributed by atoms with van der Waals surface area (Å²) in [6.45, 7) is 1.49. The van der Waals surface area contributed by atoms with Gasteiger partial charge in [-0.05, 0) is 12.5 Å². The van der Waals surface area contributed by atoms with Gasteiger partial charge in [0.1, 0.15) is 30.0 Å². The molecular formula is C16H24O9. The molecule has 0 spiro atoms. The molecule has 0 aromatic carbocycles. The maximum Gasteiger partial charge on any atom is 0.208 e. The zero-order chi connectivity index (χ0) is 17.9. The van der Waals surface area contributed by atoms with E-state index in [1.54, 1.807) is 13.0 Å². The van der Waals surface area contributed by atoms with Crippen molar-refractivity contribution in [3.05, 3.63) is 12.3 Å². The molecule has 142 valence electrons. The summed E-state index contributed by atoms with van der Waals surface area (Å²) in [6, 6.07) is 0. The molecule has 9 heteroatoms. The maximum absolute atomic E-state index is 10.3. The van der Waals surface area contributed by atoms with Gasteiger partial charge in [-0.2, -0.15) is 0 Å². The van der Waals surface area contributed by atoms with E-state index in [9.17, 15) is 25.5 Å². The number of ether oxygens (including phenoxy) is 4. The van der Waals surface area contributed by atoms with E-state index >= 15 is 0 Å². The van der Waals surface area contributed by atoms with Gasteiger partial charge < -0.3 is 44.5 Å². The highest BCUT2D eigenvalue weighted by atomic mass is 16.8. The number of rotatable bonds is 4. The lowest BCUT2D eigenvalue weighted by molar-refractivity contribution is -0.342. The quantitative estimate of drug-likeness (QED) is 0.354. The third-order valence-corrected chi connectivity index (χ3v) is 5.85. The predicted octanol–water partition coefficient (Wildman–Crippen LogP) is -2.17. The number of epoxide rings is 1. The first-order valence-electron chi connectivity index (χ1n) is 8.58. The van der Waals surface area contributed by atoms with Crippen LogP contribution in [-0.4, -0.2) is 86.9 Å². The first-order chi connectivity index (χ1) is 11.9. The summed E-state index contributed by atoms with van der Waals surface area (Å²) in [5.41, 5.74) is -0.943. The Balaban J connectivity index is 1.53. The molecule has 0 radical (unpaired) electrons. The second-order valence-corrected chi connectivity index (χ2v) is 7.14. The molecule has 0 aromatic heterocycles. The van der Waals surface area contributed by atoms with Crippen molar-refractivity contribution < 1.29 is 44.5 Å². The molecule has 3 heterocycles. The summed E-state index contributed by atoms with van der Waals surface area (Å²) in [7, 11) is 0. The minimum absolute atomic E-state index is 0.292. The Morgan fingerprint density at radius 1 is 1.04 bits per heavy atom. The van der Waals surface area contributed by atoms with Crippen LogP contribution in [0, 0.1) is 11.8 Å². The van der Waals surface area contributed by atoms with Crippen molar-refractivity contribution in [3.8, 4) is 0 Å². The second kappa shape index (κ2) is 6.14. The second-order valence-electron chi connectivity index (χ2n) is 7.14. The van der Waals surface area contributed by atoms with Crippen LogP contribution in [0.3, 0.4) is 0 Å². The van der Waals surface area contributed by atoms with E-state index in [0.29, 0.717) is 6.42 Å². The molecule has 25 heavy (non-hydrogen) atoms. The Labute approximate surface area is 144 Å². The smallest absolute Gasteiger partial charge is 0.208 e. The van der Waals surface area contributed by atoms with Crippen LogP contribution < -0.4 is 0 Å². The fourth-order valence-corrected chi connectivity index (χ4v) is 4.36. The average Bonchev–Trinajstić information content (AvgIpc) is 3.31. The van der Waals surface area contributed by atoms with Crippen LogP contribution in [-0.2, 0) is 18.9 Å². The SMILES string of the molecule is CCC1OC(O[C@@H]2OC=C[C@H]3[C@H](O)[C@@H]4O[C@]4(CO)[C@@H]23)C(O)C(O)C1O. The first-order valence-corrected chi connectivity index (χ1v) is 8.58. The van der Waals surface area contributed by atoms with Crippen molar-refractivity contribution in [2.24, 2.45) is 11.8 Å². The highest BCUT2D eigenvalue weighted by molar-refractivity contribution is 5.24. The van der Waals surface area contributed by atoms with Gasteiger partial charge in [0.25, 0.3) is 0 Å². The van der Waals surface area contributed by atoms with Crippen molar-refractivity contribution in [2.45, 2.75) is 68.1 Å². The largest absolute Gasteiger partial charge is 0.472 e. The van der Waals surface area contributed by atoms with E-state index in [1.807, 2.05) is 0 Å². The number of aliphatic hydroxyl groups excluding tert-OH is 5. The van der Waals surface area contributed by atoms with Gasteiger partial charge in [-0.1, -0.05) is 6.92 Å². The molecular weight excluding hydrogens is 336 g/mol. The maximum atomic E-state index is 10.3. The lowest BCUT2D eigenvalue weighted by atomic mass is 9.85. The Bertz CT molecular complexity index is 540. The van der Waals surface area contributed by atoms with Crippen LogP contribution in [0.1, 0.15) is 13.3 Å². The van der Waals surface area contributed by atoms with Gasteiger partial charge in [0.05, 0.1) is 31.0 Å². The highest BCUT2D eigenvalue weighted by Gasteiger charge is 2.75. The summed E-state index contributed by atoms with van der Waals surface area (Å²) in [5.74, 6) is -0.801. The van der Waals surface area contributed by atoms with E-state index in [0.717, 1.165) is 0 Å². The summed E-state index contributed by atoms with van der Waals surface area (Å²) in [5, 5.41) is 50.2. The average molecular weight is 360 g/mol. The number of aliphatic hydroxyl groups is 5. The Hall–Kier alpha value is -0.780. The first kappa shape index (κ1) is 17.6. The molecule has 11 atom stereocenters. The molecule has 3 fully saturated rings. The van der Waals surface area contributed by atoms with Gasteiger partial charge in [0, 0.05) is 5.92 Å². The molecule has 0 amide bonds. The molecule has 3 aliphatic heterocycles. The van der Waals surface area contributed by atoms with Crippen molar-refractivity contribution in [3.63, 3.8) is 0 Å². The van der Waals surface area contributed by atoms with Gasteiger partial charge in [-0.25, -0.2) is 0 Å². The van der Waals surface area contributed by atoms with Crippen molar-refractivity contribution in [1.29, 1.82) is 0 Å². The molecule has 5 N–H and O–H groups in total. The molecule has 0 bridgehead atoms. The van der Waals surface area contributed by atoms with Crippen molar-refractivity contribution in [2.75, 3.05) is 6.61 Å². The van der Waals surface area contributed by atoms with E-state index in [-0.39, 0.29) is 12.5 Å². The lowest BCUT2D eigenvalue weighted by Gasteiger charge is -2.43. The molecule has 1 aliphatic carbocycles. The predicted molar refractivity (Wildman–Crippen MR) is 79.7 cm³/mol. The van der Waals surface area contributed by atoms with Gasteiger partial charge in [0.2, 0.25) is 6.29 Å². The van der Waals surface area contributed by atoms with Gasteiger partial charge in [0.15, 0.2) is 6.29 Å². The van der Waals surface area contributed by atoms with E-state index in [4.69, 9.17) is 18.9 Å².